The number of carbonyl (C=O) groups is 2. The van der Waals surface area contributed by atoms with Gasteiger partial charge in [0, 0.05) is 56.3 Å². The zero-order chi connectivity index (χ0) is 19.8. The van der Waals surface area contributed by atoms with Crippen LogP contribution < -0.4 is 0 Å². The SMILES string of the molecule is CN(CCc1ccccn1)C(=O)CC[C@@H]1CCCN(C(=O)Cc2cccs2)C1. The number of rotatable bonds is 8. The smallest absolute Gasteiger partial charge is 0.227 e. The van der Waals surface area contributed by atoms with Gasteiger partial charge in [0.1, 0.15) is 0 Å². The van der Waals surface area contributed by atoms with Gasteiger partial charge in [-0.05, 0) is 48.8 Å². The van der Waals surface area contributed by atoms with E-state index in [1.165, 1.54) is 0 Å². The second kappa shape index (κ2) is 10.4. The molecule has 0 aliphatic carbocycles. The Morgan fingerprint density at radius 1 is 1.29 bits per heavy atom. The Hall–Kier alpha value is -2.21. The van der Waals surface area contributed by atoms with Gasteiger partial charge in [-0.15, -0.1) is 11.3 Å². The van der Waals surface area contributed by atoms with Crippen molar-refractivity contribution >= 4 is 23.2 Å². The summed E-state index contributed by atoms with van der Waals surface area (Å²) in [6, 6.07) is 9.86. The van der Waals surface area contributed by atoms with E-state index in [1.54, 1.807) is 22.4 Å². The van der Waals surface area contributed by atoms with Crippen LogP contribution in [0.25, 0.3) is 0 Å². The fraction of sp³-hybridized carbons (Fsp3) is 0.500. The molecule has 1 aliphatic heterocycles. The van der Waals surface area contributed by atoms with Gasteiger partial charge in [0.2, 0.25) is 11.8 Å². The van der Waals surface area contributed by atoms with Gasteiger partial charge < -0.3 is 9.80 Å². The van der Waals surface area contributed by atoms with Crippen molar-refractivity contribution in [2.45, 2.75) is 38.5 Å². The molecular weight excluding hydrogens is 370 g/mol. The Morgan fingerprint density at radius 3 is 2.93 bits per heavy atom. The zero-order valence-electron chi connectivity index (χ0n) is 16.5. The number of hydrogen-bond acceptors (Lipinski definition) is 4. The quantitative estimate of drug-likeness (QED) is 0.684. The van der Waals surface area contributed by atoms with Gasteiger partial charge >= 0.3 is 0 Å². The standard InChI is InChI=1S/C22H29N3O2S/c1-24(14-11-19-7-2-3-12-23-19)21(26)10-9-18-6-4-13-25(17-18)22(27)16-20-8-5-15-28-20/h2-3,5,7-8,12,15,18H,4,6,9-11,13-14,16-17H2,1H3/t18-/m0/s1. The summed E-state index contributed by atoms with van der Waals surface area (Å²) in [6.07, 6.45) is 6.60. The first kappa shape index (κ1) is 20.5. The number of likely N-dealkylation sites (N-methyl/N-ethyl adjacent to an activating group) is 1. The van der Waals surface area contributed by atoms with E-state index in [0.29, 0.717) is 25.3 Å². The van der Waals surface area contributed by atoms with Crippen LogP contribution in [0.5, 0.6) is 0 Å². The van der Waals surface area contributed by atoms with Crippen molar-refractivity contribution in [3.63, 3.8) is 0 Å². The maximum atomic E-state index is 12.5. The summed E-state index contributed by atoms with van der Waals surface area (Å²) in [5, 5.41) is 2.01. The molecule has 1 atom stereocenters. The van der Waals surface area contributed by atoms with Crippen LogP contribution in [0.15, 0.2) is 41.9 Å². The van der Waals surface area contributed by atoms with E-state index in [9.17, 15) is 9.59 Å². The molecule has 1 aliphatic rings. The monoisotopic (exact) mass is 399 g/mol. The Bertz CT molecular complexity index is 748. The molecule has 0 radical (unpaired) electrons. The molecule has 3 heterocycles. The van der Waals surface area contributed by atoms with E-state index in [4.69, 9.17) is 0 Å². The normalized spacial score (nSPS) is 16.8. The Balaban J connectivity index is 1.39. The predicted molar refractivity (Wildman–Crippen MR) is 112 cm³/mol. The van der Waals surface area contributed by atoms with Crippen LogP contribution in [0, 0.1) is 5.92 Å². The maximum absolute atomic E-state index is 12.5. The summed E-state index contributed by atoms with van der Waals surface area (Å²) in [4.78, 5) is 34.2. The van der Waals surface area contributed by atoms with Crippen LogP contribution in [0.3, 0.4) is 0 Å². The van der Waals surface area contributed by atoms with Crippen molar-refractivity contribution in [1.82, 2.24) is 14.8 Å². The molecule has 0 aromatic carbocycles. The van der Waals surface area contributed by atoms with Crippen LogP contribution in [-0.4, -0.2) is 53.3 Å². The van der Waals surface area contributed by atoms with E-state index in [-0.39, 0.29) is 11.8 Å². The summed E-state index contributed by atoms with van der Waals surface area (Å²) < 4.78 is 0. The lowest BCUT2D eigenvalue weighted by atomic mass is 9.93. The molecule has 2 aromatic heterocycles. The molecule has 6 heteroatoms. The van der Waals surface area contributed by atoms with E-state index in [2.05, 4.69) is 4.98 Å². The second-order valence-electron chi connectivity index (χ2n) is 7.53. The van der Waals surface area contributed by atoms with Crippen LogP contribution in [0.1, 0.15) is 36.3 Å². The van der Waals surface area contributed by atoms with E-state index >= 15 is 0 Å². The molecule has 28 heavy (non-hydrogen) atoms. The van der Waals surface area contributed by atoms with E-state index < -0.39 is 0 Å². The summed E-state index contributed by atoms with van der Waals surface area (Å²) in [7, 11) is 1.86. The summed E-state index contributed by atoms with van der Waals surface area (Å²) in [5.41, 5.74) is 1.01. The van der Waals surface area contributed by atoms with Gasteiger partial charge in [-0.2, -0.15) is 0 Å². The van der Waals surface area contributed by atoms with Gasteiger partial charge in [0.05, 0.1) is 6.42 Å². The molecular formula is C22H29N3O2S. The number of pyridine rings is 1. The van der Waals surface area contributed by atoms with Gasteiger partial charge in [-0.1, -0.05) is 12.1 Å². The van der Waals surface area contributed by atoms with Crippen molar-refractivity contribution in [1.29, 1.82) is 0 Å². The molecule has 0 saturated carbocycles. The van der Waals surface area contributed by atoms with Gasteiger partial charge in [-0.3, -0.25) is 14.6 Å². The minimum absolute atomic E-state index is 0.179. The Morgan fingerprint density at radius 2 is 2.18 bits per heavy atom. The lowest BCUT2D eigenvalue weighted by Gasteiger charge is -2.33. The van der Waals surface area contributed by atoms with Crippen LogP contribution in [-0.2, 0) is 22.4 Å². The van der Waals surface area contributed by atoms with E-state index in [0.717, 1.165) is 49.3 Å². The third-order valence-corrected chi connectivity index (χ3v) is 6.28. The van der Waals surface area contributed by atoms with E-state index in [1.807, 2.05) is 47.7 Å². The van der Waals surface area contributed by atoms with Crippen LogP contribution in [0.2, 0.25) is 0 Å². The first-order valence-corrected chi connectivity index (χ1v) is 10.9. The third kappa shape index (κ3) is 6.16. The Kier molecular flexibility index (Phi) is 7.60. The average molecular weight is 400 g/mol. The molecule has 1 fully saturated rings. The molecule has 3 rings (SSSR count). The maximum Gasteiger partial charge on any atom is 0.227 e. The highest BCUT2D eigenvalue weighted by molar-refractivity contribution is 7.10. The van der Waals surface area contributed by atoms with Gasteiger partial charge in [0.15, 0.2) is 0 Å². The zero-order valence-corrected chi connectivity index (χ0v) is 17.4. The highest BCUT2D eigenvalue weighted by Gasteiger charge is 2.24. The average Bonchev–Trinajstić information content (AvgIpc) is 3.24. The largest absolute Gasteiger partial charge is 0.345 e. The molecule has 0 spiro atoms. The summed E-state index contributed by atoms with van der Waals surface area (Å²) in [5.74, 6) is 0.818. The second-order valence-corrected chi connectivity index (χ2v) is 8.56. The number of piperidine rings is 1. The van der Waals surface area contributed by atoms with Crippen molar-refractivity contribution in [3.8, 4) is 0 Å². The fourth-order valence-corrected chi connectivity index (χ4v) is 4.37. The number of thiophene rings is 1. The first-order chi connectivity index (χ1) is 13.6. The number of hydrogen-bond donors (Lipinski definition) is 0. The van der Waals surface area contributed by atoms with Gasteiger partial charge in [-0.25, -0.2) is 0 Å². The number of likely N-dealkylation sites (tertiary alicyclic amines) is 1. The molecule has 2 amide bonds. The fourth-order valence-electron chi connectivity index (χ4n) is 3.67. The number of aromatic nitrogens is 1. The third-order valence-electron chi connectivity index (χ3n) is 5.40. The van der Waals surface area contributed by atoms with Gasteiger partial charge in [0.25, 0.3) is 0 Å². The van der Waals surface area contributed by atoms with Crippen molar-refractivity contribution in [2.24, 2.45) is 5.92 Å². The lowest BCUT2D eigenvalue weighted by Crippen LogP contribution is -2.41. The Labute approximate surface area is 171 Å². The molecule has 150 valence electrons. The molecule has 0 unspecified atom stereocenters. The minimum atomic E-state index is 0.179. The highest BCUT2D eigenvalue weighted by Crippen LogP contribution is 2.22. The topological polar surface area (TPSA) is 53.5 Å². The number of nitrogens with zero attached hydrogens (tertiary/aromatic N) is 3. The molecule has 2 aromatic rings. The summed E-state index contributed by atoms with van der Waals surface area (Å²) in [6.45, 7) is 2.32. The molecule has 0 bridgehead atoms. The highest BCUT2D eigenvalue weighted by atomic mass is 32.1. The predicted octanol–water partition coefficient (Wildman–Crippen LogP) is 3.41. The van der Waals surface area contributed by atoms with Crippen molar-refractivity contribution in [3.05, 3.63) is 52.5 Å². The number of amides is 2. The first-order valence-electron chi connectivity index (χ1n) is 10.1. The minimum Gasteiger partial charge on any atom is -0.345 e. The van der Waals surface area contributed by atoms with Crippen molar-refractivity contribution in [2.75, 3.05) is 26.7 Å². The van der Waals surface area contributed by atoms with Crippen molar-refractivity contribution < 1.29 is 9.59 Å². The molecule has 1 saturated heterocycles. The lowest BCUT2D eigenvalue weighted by molar-refractivity contribution is -0.132. The van der Waals surface area contributed by atoms with Crippen LogP contribution in [0.4, 0.5) is 0 Å². The summed E-state index contributed by atoms with van der Waals surface area (Å²) >= 11 is 1.63. The molecule has 0 N–H and O–H groups in total. The number of carbonyl (C=O) groups excluding carboxylic acids is 2. The van der Waals surface area contributed by atoms with Crippen LogP contribution >= 0.6 is 11.3 Å². The molecule has 5 nitrogen and oxygen atoms in total.